The highest BCUT2D eigenvalue weighted by Crippen LogP contribution is 2.32. The van der Waals surface area contributed by atoms with Crippen LogP contribution >= 0.6 is 34.8 Å². The van der Waals surface area contributed by atoms with E-state index in [-0.39, 0.29) is 33.6 Å². The maximum atomic E-state index is 12.5. The number of aromatic hydroxyl groups is 1. The molecule has 0 heterocycles. The van der Waals surface area contributed by atoms with Crippen LogP contribution in [0.1, 0.15) is 29.8 Å². The fourth-order valence-electron chi connectivity index (χ4n) is 2.48. The molecule has 2 amide bonds. The van der Waals surface area contributed by atoms with Gasteiger partial charge >= 0.3 is 0 Å². The topological polar surface area (TPSA) is 100 Å². The Morgan fingerprint density at radius 3 is 2.43 bits per heavy atom. The zero-order valence-electron chi connectivity index (χ0n) is 16.4. The van der Waals surface area contributed by atoms with Crippen molar-refractivity contribution in [2.24, 2.45) is 11.0 Å². The summed E-state index contributed by atoms with van der Waals surface area (Å²) in [4.78, 5) is 25.0. The van der Waals surface area contributed by atoms with Crippen LogP contribution in [-0.2, 0) is 4.79 Å². The summed E-state index contributed by atoms with van der Waals surface area (Å²) in [5.41, 5.74) is 2.86. The molecule has 0 fully saturated rings. The molecular weight excluding hydrogens is 453 g/mol. The van der Waals surface area contributed by atoms with E-state index in [4.69, 9.17) is 39.5 Å². The van der Waals surface area contributed by atoms with E-state index in [0.717, 1.165) is 0 Å². The number of hydrogen-bond donors (Lipinski definition) is 3. The highest BCUT2D eigenvalue weighted by molar-refractivity contribution is 6.42. The quantitative estimate of drug-likeness (QED) is 0.414. The average Bonchev–Trinajstić information content (AvgIpc) is 2.69. The van der Waals surface area contributed by atoms with Crippen LogP contribution in [0.15, 0.2) is 35.4 Å². The standard InChI is InChI=1S/C20H20Cl3N3O4/c1-10(2)17(25-19(28)11-4-5-14(22)15(23)7-11)20(29)26-24-9-12-6-13(21)8-16(30-3)18(12)27/h4-10,17,27H,1-3H3,(H,25,28)(H,26,29)/b24-9+. The van der Waals surface area contributed by atoms with Gasteiger partial charge in [0.1, 0.15) is 6.04 Å². The molecule has 10 heteroatoms. The number of halogens is 3. The molecule has 0 saturated carbocycles. The minimum atomic E-state index is -0.869. The third-order valence-corrected chi connectivity index (χ3v) is 5.04. The molecule has 0 aliphatic heterocycles. The molecule has 7 nitrogen and oxygen atoms in total. The summed E-state index contributed by atoms with van der Waals surface area (Å²) in [6.07, 6.45) is 1.22. The zero-order valence-corrected chi connectivity index (χ0v) is 18.6. The van der Waals surface area contributed by atoms with Crippen molar-refractivity contribution in [2.75, 3.05) is 7.11 Å². The van der Waals surface area contributed by atoms with E-state index < -0.39 is 17.9 Å². The van der Waals surface area contributed by atoms with E-state index in [9.17, 15) is 14.7 Å². The predicted molar refractivity (Wildman–Crippen MR) is 118 cm³/mol. The first kappa shape index (κ1) is 23.8. The number of hydrogen-bond acceptors (Lipinski definition) is 5. The van der Waals surface area contributed by atoms with Crippen molar-refractivity contribution < 1.29 is 19.4 Å². The van der Waals surface area contributed by atoms with Gasteiger partial charge in [0, 0.05) is 22.2 Å². The van der Waals surface area contributed by atoms with Gasteiger partial charge in [0.2, 0.25) is 0 Å². The van der Waals surface area contributed by atoms with Gasteiger partial charge in [-0.2, -0.15) is 5.10 Å². The van der Waals surface area contributed by atoms with E-state index in [1.54, 1.807) is 13.8 Å². The van der Waals surface area contributed by atoms with E-state index in [2.05, 4.69) is 15.8 Å². The van der Waals surface area contributed by atoms with Gasteiger partial charge in [-0.05, 0) is 30.2 Å². The van der Waals surface area contributed by atoms with Crippen molar-refractivity contribution in [3.05, 3.63) is 56.5 Å². The second-order valence-corrected chi connectivity index (χ2v) is 7.86. The summed E-state index contributed by atoms with van der Waals surface area (Å²) in [7, 11) is 1.39. The molecule has 2 aromatic rings. The number of ether oxygens (including phenoxy) is 1. The number of rotatable bonds is 7. The monoisotopic (exact) mass is 471 g/mol. The fraction of sp³-hybridized carbons (Fsp3) is 0.250. The van der Waals surface area contributed by atoms with Gasteiger partial charge in [-0.15, -0.1) is 0 Å². The highest BCUT2D eigenvalue weighted by atomic mass is 35.5. The summed E-state index contributed by atoms with van der Waals surface area (Å²) in [5.74, 6) is -1.25. The molecule has 0 bridgehead atoms. The van der Waals surface area contributed by atoms with Crippen molar-refractivity contribution in [1.82, 2.24) is 10.7 Å². The minimum Gasteiger partial charge on any atom is -0.504 e. The lowest BCUT2D eigenvalue weighted by molar-refractivity contribution is -0.123. The zero-order chi connectivity index (χ0) is 22.4. The van der Waals surface area contributed by atoms with Gasteiger partial charge in [-0.1, -0.05) is 48.7 Å². The summed E-state index contributed by atoms with van der Waals surface area (Å²) < 4.78 is 5.02. The molecular formula is C20H20Cl3N3O4. The number of phenols is 1. The lowest BCUT2D eigenvalue weighted by atomic mass is 10.0. The number of nitrogens with zero attached hydrogens (tertiary/aromatic N) is 1. The van der Waals surface area contributed by atoms with Crippen LogP contribution in [0.2, 0.25) is 15.1 Å². The van der Waals surface area contributed by atoms with E-state index in [0.29, 0.717) is 10.0 Å². The summed E-state index contributed by atoms with van der Waals surface area (Å²) in [5, 5.41) is 17.5. The number of amides is 2. The molecule has 0 aliphatic carbocycles. The summed E-state index contributed by atoms with van der Waals surface area (Å²) >= 11 is 17.8. The SMILES string of the molecule is COc1cc(Cl)cc(/C=N/NC(=O)C(NC(=O)c2ccc(Cl)c(Cl)c2)C(C)C)c1O. The minimum absolute atomic E-state index is 0.171. The molecule has 30 heavy (non-hydrogen) atoms. The fourth-order valence-corrected chi connectivity index (χ4v) is 3.00. The lowest BCUT2D eigenvalue weighted by Crippen LogP contribution is -2.48. The number of carbonyl (C=O) groups is 2. The van der Waals surface area contributed by atoms with Gasteiger partial charge < -0.3 is 15.2 Å². The van der Waals surface area contributed by atoms with Crippen molar-refractivity contribution >= 4 is 52.8 Å². The number of carbonyl (C=O) groups excluding carboxylic acids is 2. The maximum Gasteiger partial charge on any atom is 0.262 e. The van der Waals surface area contributed by atoms with Crippen molar-refractivity contribution in [1.29, 1.82) is 0 Å². The van der Waals surface area contributed by atoms with E-state index >= 15 is 0 Å². The van der Waals surface area contributed by atoms with Crippen molar-refractivity contribution in [3.63, 3.8) is 0 Å². The Kier molecular flexibility index (Phi) is 8.34. The number of methoxy groups -OCH3 is 1. The van der Waals surface area contributed by atoms with Crippen LogP contribution in [0.4, 0.5) is 0 Å². The van der Waals surface area contributed by atoms with Crippen LogP contribution in [0.25, 0.3) is 0 Å². The Labute approximate surface area is 189 Å². The van der Waals surface area contributed by atoms with Crippen molar-refractivity contribution in [2.45, 2.75) is 19.9 Å². The Balaban J connectivity index is 2.11. The molecule has 1 unspecified atom stereocenters. The Morgan fingerprint density at radius 1 is 1.13 bits per heavy atom. The number of hydrazone groups is 1. The number of nitrogens with one attached hydrogen (secondary N) is 2. The third-order valence-electron chi connectivity index (χ3n) is 4.09. The molecule has 2 aromatic carbocycles. The summed E-state index contributed by atoms with van der Waals surface area (Å²) in [6.45, 7) is 3.55. The van der Waals surface area contributed by atoms with Crippen LogP contribution in [0.3, 0.4) is 0 Å². The van der Waals surface area contributed by atoms with Crippen molar-refractivity contribution in [3.8, 4) is 11.5 Å². The molecule has 1 atom stereocenters. The molecule has 0 radical (unpaired) electrons. The maximum absolute atomic E-state index is 12.5. The lowest BCUT2D eigenvalue weighted by Gasteiger charge is -2.20. The first-order chi connectivity index (χ1) is 14.1. The van der Waals surface area contributed by atoms with Gasteiger partial charge in [0.25, 0.3) is 11.8 Å². The molecule has 0 aromatic heterocycles. The van der Waals surface area contributed by atoms with E-state index in [1.807, 2.05) is 0 Å². The average molecular weight is 473 g/mol. The van der Waals surface area contributed by atoms with Gasteiger partial charge in [-0.3, -0.25) is 9.59 Å². The molecule has 160 valence electrons. The Bertz CT molecular complexity index is 980. The molecule has 0 spiro atoms. The van der Waals surface area contributed by atoms with Gasteiger partial charge in [0.15, 0.2) is 11.5 Å². The molecule has 0 aliphatic rings. The first-order valence-electron chi connectivity index (χ1n) is 8.79. The Morgan fingerprint density at radius 2 is 1.83 bits per heavy atom. The van der Waals surface area contributed by atoms with Gasteiger partial charge in [-0.25, -0.2) is 5.43 Å². The molecule has 3 N–H and O–H groups in total. The van der Waals surface area contributed by atoms with Crippen LogP contribution < -0.4 is 15.5 Å². The Hall–Kier alpha value is -2.48. The number of benzene rings is 2. The van der Waals surface area contributed by atoms with Gasteiger partial charge in [0.05, 0.1) is 23.4 Å². The second-order valence-electron chi connectivity index (χ2n) is 6.60. The predicted octanol–water partition coefficient (Wildman–Crippen LogP) is 4.27. The van der Waals surface area contributed by atoms with Crippen LogP contribution in [0, 0.1) is 5.92 Å². The van der Waals surface area contributed by atoms with Crippen LogP contribution in [0.5, 0.6) is 11.5 Å². The van der Waals surface area contributed by atoms with E-state index in [1.165, 1.54) is 43.7 Å². The largest absolute Gasteiger partial charge is 0.504 e. The summed E-state index contributed by atoms with van der Waals surface area (Å²) in [6, 6.07) is 6.46. The third kappa shape index (κ3) is 6.01. The van der Waals surface area contributed by atoms with Crippen LogP contribution in [-0.4, -0.2) is 36.3 Å². The first-order valence-corrected chi connectivity index (χ1v) is 9.92. The molecule has 0 saturated heterocycles. The smallest absolute Gasteiger partial charge is 0.262 e. The molecule has 2 rings (SSSR count). The second kappa shape index (κ2) is 10.5. The number of phenolic OH excluding ortho intramolecular Hbond substituents is 1. The highest BCUT2D eigenvalue weighted by Gasteiger charge is 2.24. The normalized spacial score (nSPS) is 12.1.